The molecule has 2 aromatic rings. The molecule has 0 aliphatic heterocycles. The molecule has 0 spiro atoms. The van der Waals surface area contributed by atoms with Crippen molar-refractivity contribution < 1.29 is 17.9 Å². The second-order valence-corrected chi connectivity index (χ2v) is 7.57. The lowest BCUT2D eigenvalue weighted by Gasteiger charge is -2.13. The average molecular weight is 340 g/mol. The van der Waals surface area contributed by atoms with Crippen LogP contribution in [0.15, 0.2) is 40.1 Å². The maximum atomic E-state index is 12.9. The number of ether oxygens (including phenoxy) is 1. The van der Waals surface area contributed by atoms with Crippen LogP contribution in [0.1, 0.15) is 9.67 Å². The van der Waals surface area contributed by atoms with Gasteiger partial charge in [-0.2, -0.15) is 0 Å². The van der Waals surface area contributed by atoms with Gasteiger partial charge in [0.25, 0.3) is 0 Å². The van der Waals surface area contributed by atoms with E-state index in [4.69, 9.17) is 5.73 Å². The summed E-state index contributed by atoms with van der Waals surface area (Å²) in [5, 5.41) is 0.391. The van der Waals surface area contributed by atoms with Crippen LogP contribution in [0, 0.1) is 0 Å². The molecule has 0 bridgehead atoms. The van der Waals surface area contributed by atoms with Gasteiger partial charge in [-0.25, -0.2) is 13.2 Å². The molecule has 6 nitrogen and oxygen atoms in total. The highest BCUT2D eigenvalue weighted by Crippen LogP contribution is 2.43. The van der Waals surface area contributed by atoms with E-state index >= 15 is 0 Å². The van der Waals surface area contributed by atoms with Crippen molar-refractivity contribution in [2.24, 2.45) is 0 Å². The van der Waals surface area contributed by atoms with Crippen molar-refractivity contribution in [3.8, 4) is 0 Å². The number of hydrogen-bond acceptors (Lipinski definition) is 7. The number of hydrogen-bond donors (Lipinski definition) is 1. The Labute approximate surface area is 133 Å². The van der Waals surface area contributed by atoms with Gasteiger partial charge in [0.2, 0.25) is 9.84 Å². The van der Waals surface area contributed by atoms with E-state index in [-0.39, 0.29) is 20.4 Å². The molecule has 2 rings (SSSR count). The van der Waals surface area contributed by atoms with Crippen molar-refractivity contribution in [3.05, 3.63) is 35.2 Å². The predicted molar refractivity (Wildman–Crippen MR) is 86.3 cm³/mol. The molecule has 0 amide bonds. The smallest absolute Gasteiger partial charge is 0.350 e. The van der Waals surface area contributed by atoms with Gasteiger partial charge in [0, 0.05) is 14.1 Å². The number of rotatable bonds is 4. The van der Waals surface area contributed by atoms with Crippen LogP contribution in [0.25, 0.3) is 0 Å². The number of carbonyl (C=O) groups is 1. The Balaban J connectivity index is 2.74. The zero-order valence-electron chi connectivity index (χ0n) is 12.4. The van der Waals surface area contributed by atoms with Gasteiger partial charge in [-0.1, -0.05) is 18.2 Å². The summed E-state index contributed by atoms with van der Waals surface area (Å²) >= 11 is 0.996. The normalized spacial score (nSPS) is 11.2. The second kappa shape index (κ2) is 5.98. The van der Waals surface area contributed by atoms with Crippen LogP contribution in [0.2, 0.25) is 0 Å². The quantitative estimate of drug-likeness (QED) is 0.857. The van der Waals surface area contributed by atoms with E-state index in [1.165, 1.54) is 19.2 Å². The van der Waals surface area contributed by atoms with Gasteiger partial charge in [0.15, 0.2) is 0 Å². The Morgan fingerprint density at radius 3 is 2.32 bits per heavy atom. The van der Waals surface area contributed by atoms with Crippen LogP contribution in [0.4, 0.5) is 10.7 Å². The van der Waals surface area contributed by atoms with Gasteiger partial charge < -0.3 is 15.4 Å². The number of sulfone groups is 1. The molecule has 1 aromatic carbocycles. The van der Waals surface area contributed by atoms with E-state index in [0.717, 1.165) is 11.3 Å². The van der Waals surface area contributed by atoms with Crippen molar-refractivity contribution in [2.45, 2.75) is 9.79 Å². The monoisotopic (exact) mass is 340 g/mol. The van der Waals surface area contributed by atoms with Gasteiger partial charge in [-0.05, 0) is 12.1 Å². The van der Waals surface area contributed by atoms with E-state index in [1.807, 2.05) is 0 Å². The van der Waals surface area contributed by atoms with Crippen molar-refractivity contribution in [1.29, 1.82) is 0 Å². The minimum atomic E-state index is -3.83. The summed E-state index contributed by atoms with van der Waals surface area (Å²) in [6.07, 6.45) is 0. The molecule has 0 saturated carbocycles. The van der Waals surface area contributed by atoms with Crippen LogP contribution >= 0.6 is 11.3 Å². The highest BCUT2D eigenvalue weighted by molar-refractivity contribution is 7.92. The fraction of sp³-hybridized carbons (Fsp3) is 0.214. The topological polar surface area (TPSA) is 89.7 Å². The Morgan fingerprint density at radius 1 is 1.23 bits per heavy atom. The molecule has 118 valence electrons. The number of esters is 1. The standard InChI is InChI=1S/C14H16N2O4S2/c1-16(2)13-12(10(15)11(21-13)14(17)20-3)22(18,19)9-7-5-4-6-8-9/h4-8H,15H2,1-3H3. The number of anilines is 2. The first kappa shape index (κ1) is 16.3. The summed E-state index contributed by atoms with van der Waals surface area (Å²) in [6.45, 7) is 0. The Kier molecular flexibility index (Phi) is 4.43. The van der Waals surface area contributed by atoms with Crippen LogP contribution < -0.4 is 10.6 Å². The molecule has 0 saturated heterocycles. The van der Waals surface area contributed by atoms with E-state index < -0.39 is 15.8 Å². The number of methoxy groups -OCH3 is 1. The first-order chi connectivity index (χ1) is 10.3. The van der Waals surface area contributed by atoms with Crippen LogP contribution in [0.5, 0.6) is 0 Å². The molecule has 0 radical (unpaired) electrons. The zero-order valence-corrected chi connectivity index (χ0v) is 14.0. The molecule has 0 aliphatic carbocycles. The zero-order chi connectivity index (χ0) is 16.5. The summed E-state index contributed by atoms with van der Waals surface area (Å²) in [5.41, 5.74) is 5.87. The summed E-state index contributed by atoms with van der Waals surface area (Å²) < 4.78 is 30.4. The number of nitrogens with two attached hydrogens (primary N) is 1. The maximum absolute atomic E-state index is 12.9. The minimum absolute atomic E-state index is 0.0610. The van der Waals surface area contributed by atoms with Crippen LogP contribution in [-0.2, 0) is 14.6 Å². The largest absolute Gasteiger partial charge is 0.465 e. The summed E-state index contributed by atoms with van der Waals surface area (Å²) in [4.78, 5) is 13.5. The molecule has 2 N–H and O–H groups in total. The van der Waals surface area contributed by atoms with Crippen molar-refractivity contribution >= 4 is 37.8 Å². The summed E-state index contributed by atoms with van der Waals surface area (Å²) in [5.74, 6) is -0.653. The van der Waals surface area contributed by atoms with E-state index in [9.17, 15) is 13.2 Å². The fourth-order valence-electron chi connectivity index (χ4n) is 1.93. The molecule has 0 fully saturated rings. The van der Waals surface area contributed by atoms with Crippen LogP contribution in [-0.4, -0.2) is 35.6 Å². The number of nitrogen functional groups attached to an aromatic ring is 1. The van der Waals surface area contributed by atoms with Crippen LogP contribution in [0.3, 0.4) is 0 Å². The molecule has 1 aromatic heterocycles. The lowest BCUT2D eigenvalue weighted by Crippen LogP contribution is -2.13. The number of thiophene rings is 1. The third-order valence-corrected chi connectivity index (χ3v) is 6.31. The third-order valence-electron chi connectivity index (χ3n) is 2.98. The first-order valence-electron chi connectivity index (χ1n) is 6.28. The lowest BCUT2D eigenvalue weighted by atomic mass is 10.4. The molecule has 1 heterocycles. The predicted octanol–water partition coefficient (Wildman–Crippen LogP) is 2.02. The molecule has 22 heavy (non-hydrogen) atoms. The lowest BCUT2D eigenvalue weighted by molar-refractivity contribution is 0.0607. The molecule has 0 atom stereocenters. The molecular formula is C14H16N2O4S2. The van der Waals surface area contributed by atoms with Gasteiger partial charge in [-0.15, -0.1) is 11.3 Å². The third kappa shape index (κ3) is 2.67. The second-order valence-electron chi connectivity index (χ2n) is 4.68. The number of benzene rings is 1. The SMILES string of the molecule is COC(=O)c1sc(N(C)C)c(S(=O)(=O)c2ccccc2)c1N. The molecule has 0 aliphatic rings. The van der Waals surface area contributed by atoms with Crippen molar-refractivity contribution in [2.75, 3.05) is 31.8 Å². The van der Waals surface area contributed by atoms with E-state index in [1.54, 1.807) is 37.2 Å². The molecule has 0 unspecified atom stereocenters. The highest BCUT2D eigenvalue weighted by atomic mass is 32.2. The van der Waals surface area contributed by atoms with Gasteiger partial charge >= 0.3 is 5.97 Å². The highest BCUT2D eigenvalue weighted by Gasteiger charge is 2.32. The van der Waals surface area contributed by atoms with Crippen molar-refractivity contribution in [3.63, 3.8) is 0 Å². The Morgan fingerprint density at radius 2 is 1.82 bits per heavy atom. The summed E-state index contributed by atoms with van der Waals surface area (Å²) in [7, 11) is 0.776. The van der Waals surface area contributed by atoms with Gasteiger partial charge in [0.05, 0.1) is 17.7 Å². The van der Waals surface area contributed by atoms with Gasteiger partial charge in [-0.3, -0.25) is 0 Å². The van der Waals surface area contributed by atoms with Gasteiger partial charge in [0.1, 0.15) is 14.8 Å². The summed E-state index contributed by atoms with van der Waals surface area (Å²) in [6, 6.07) is 7.97. The molecular weight excluding hydrogens is 324 g/mol. The first-order valence-corrected chi connectivity index (χ1v) is 8.58. The fourth-order valence-corrected chi connectivity index (χ4v) is 4.96. The maximum Gasteiger partial charge on any atom is 0.350 e. The number of nitrogens with zero attached hydrogens (tertiary/aromatic N) is 1. The molecule has 8 heteroatoms. The average Bonchev–Trinajstić information content (AvgIpc) is 2.86. The Bertz CT molecular complexity index is 796. The van der Waals surface area contributed by atoms with E-state index in [2.05, 4.69) is 4.74 Å². The van der Waals surface area contributed by atoms with Crippen molar-refractivity contribution in [1.82, 2.24) is 0 Å². The number of carbonyl (C=O) groups excluding carboxylic acids is 1. The van der Waals surface area contributed by atoms with E-state index in [0.29, 0.717) is 5.00 Å². The minimum Gasteiger partial charge on any atom is -0.465 e. The Hall–Kier alpha value is -2.06.